The second kappa shape index (κ2) is 9.16. The molecule has 0 saturated carbocycles. The van der Waals surface area contributed by atoms with E-state index in [0.29, 0.717) is 19.6 Å². The third-order valence-corrected chi connectivity index (χ3v) is 8.03. The topological polar surface area (TPSA) is 69.3 Å². The van der Waals surface area contributed by atoms with Crippen molar-refractivity contribution < 1.29 is 4.79 Å². The van der Waals surface area contributed by atoms with Gasteiger partial charge in [0.15, 0.2) is 0 Å². The Bertz CT molecular complexity index is 1160. The van der Waals surface area contributed by atoms with E-state index in [1.165, 1.54) is 16.9 Å². The molecule has 1 unspecified atom stereocenters. The molecule has 32 heavy (non-hydrogen) atoms. The molecule has 5 rings (SSSR count). The zero-order valence-corrected chi connectivity index (χ0v) is 19.4. The third kappa shape index (κ3) is 4.11. The molecule has 2 aromatic heterocycles. The summed E-state index contributed by atoms with van der Waals surface area (Å²) in [6.07, 6.45) is 5.24. The third-order valence-electron chi connectivity index (χ3n) is 6.84. The highest BCUT2D eigenvalue weighted by molar-refractivity contribution is 7.18. The summed E-state index contributed by atoms with van der Waals surface area (Å²) in [5.74, 6) is 0.875. The summed E-state index contributed by atoms with van der Waals surface area (Å²) >= 11 is 1.70. The highest BCUT2D eigenvalue weighted by atomic mass is 32.1. The van der Waals surface area contributed by atoms with E-state index >= 15 is 0 Å². The molecule has 3 heterocycles. The zero-order valence-electron chi connectivity index (χ0n) is 18.6. The molecule has 168 valence electrons. The Labute approximate surface area is 192 Å². The number of carbonyl (C=O) groups is 1. The number of H-pyrrole nitrogens is 1. The number of piperazine rings is 1. The first kappa shape index (κ1) is 21.3. The van der Waals surface area contributed by atoms with Crippen molar-refractivity contribution in [3.63, 3.8) is 0 Å². The number of aromatic nitrogens is 2. The number of benzene rings is 1. The SMILES string of the molecule is CCC(C(=O)N1CCN(Cc2nc3sc4c(c3c(=O)[nH]2)CCCC4)CC1)c1ccccc1. The highest BCUT2D eigenvalue weighted by Crippen LogP contribution is 2.33. The minimum atomic E-state index is -0.0759. The van der Waals surface area contributed by atoms with Crippen LogP contribution in [0.5, 0.6) is 0 Å². The summed E-state index contributed by atoms with van der Waals surface area (Å²) in [6.45, 7) is 5.70. The predicted octanol–water partition coefficient (Wildman–Crippen LogP) is 3.70. The number of amides is 1. The van der Waals surface area contributed by atoms with Crippen LogP contribution in [0.15, 0.2) is 35.1 Å². The largest absolute Gasteiger partial charge is 0.340 e. The summed E-state index contributed by atoms with van der Waals surface area (Å²) in [7, 11) is 0. The van der Waals surface area contributed by atoms with Crippen molar-refractivity contribution >= 4 is 27.5 Å². The second-order valence-corrected chi connectivity index (χ2v) is 9.96. The van der Waals surface area contributed by atoms with Gasteiger partial charge in [0.1, 0.15) is 10.7 Å². The van der Waals surface area contributed by atoms with Gasteiger partial charge < -0.3 is 9.88 Å². The maximum atomic E-state index is 13.1. The predicted molar refractivity (Wildman–Crippen MR) is 128 cm³/mol. The molecule has 0 spiro atoms. The minimum absolute atomic E-state index is 0.00635. The molecule has 1 aliphatic carbocycles. The lowest BCUT2D eigenvalue weighted by Crippen LogP contribution is -2.49. The quantitative estimate of drug-likeness (QED) is 0.644. The van der Waals surface area contributed by atoms with Crippen molar-refractivity contribution in [1.29, 1.82) is 0 Å². The first-order valence-electron chi connectivity index (χ1n) is 11.7. The number of aryl methyl sites for hydroxylation is 2. The maximum Gasteiger partial charge on any atom is 0.259 e. The zero-order chi connectivity index (χ0) is 22.1. The van der Waals surface area contributed by atoms with Crippen molar-refractivity contribution in [3.05, 3.63) is 62.5 Å². The summed E-state index contributed by atoms with van der Waals surface area (Å²) in [6, 6.07) is 10.1. The molecule has 0 radical (unpaired) electrons. The van der Waals surface area contributed by atoms with Crippen LogP contribution in [0.25, 0.3) is 10.2 Å². The van der Waals surface area contributed by atoms with Crippen LogP contribution in [-0.4, -0.2) is 51.9 Å². The Kier molecular flexibility index (Phi) is 6.11. The average Bonchev–Trinajstić information content (AvgIpc) is 3.19. The lowest BCUT2D eigenvalue weighted by atomic mass is 9.95. The van der Waals surface area contributed by atoms with Gasteiger partial charge in [0.25, 0.3) is 5.56 Å². The molecule has 0 bridgehead atoms. The minimum Gasteiger partial charge on any atom is -0.340 e. The van der Waals surface area contributed by atoms with Crippen molar-refractivity contribution in [2.75, 3.05) is 26.2 Å². The lowest BCUT2D eigenvalue weighted by molar-refractivity contribution is -0.134. The van der Waals surface area contributed by atoms with Gasteiger partial charge in [0.05, 0.1) is 17.8 Å². The van der Waals surface area contributed by atoms with Gasteiger partial charge in [-0.25, -0.2) is 4.98 Å². The van der Waals surface area contributed by atoms with Crippen LogP contribution in [0.3, 0.4) is 0 Å². The molecule has 1 amide bonds. The van der Waals surface area contributed by atoms with Crippen molar-refractivity contribution in [2.24, 2.45) is 0 Å². The summed E-state index contributed by atoms with van der Waals surface area (Å²) in [4.78, 5) is 40.3. The van der Waals surface area contributed by atoms with Gasteiger partial charge in [-0.2, -0.15) is 0 Å². The normalized spacial score (nSPS) is 18.0. The number of thiophene rings is 1. The molecule has 1 aromatic carbocycles. The van der Waals surface area contributed by atoms with Gasteiger partial charge in [-0.15, -0.1) is 11.3 Å². The van der Waals surface area contributed by atoms with Crippen LogP contribution >= 0.6 is 11.3 Å². The summed E-state index contributed by atoms with van der Waals surface area (Å²) < 4.78 is 0. The van der Waals surface area contributed by atoms with Crippen LogP contribution in [0.1, 0.15) is 53.9 Å². The van der Waals surface area contributed by atoms with Gasteiger partial charge >= 0.3 is 0 Å². The van der Waals surface area contributed by atoms with E-state index in [9.17, 15) is 9.59 Å². The van der Waals surface area contributed by atoms with E-state index in [0.717, 1.165) is 60.4 Å². The molecule has 7 heteroatoms. The number of hydrogen-bond donors (Lipinski definition) is 1. The fraction of sp³-hybridized carbons (Fsp3) is 0.480. The Hall–Kier alpha value is -2.51. The highest BCUT2D eigenvalue weighted by Gasteiger charge is 2.28. The summed E-state index contributed by atoms with van der Waals surface area (Å²) in [5.41, 5.74) is 2.33. The molecule has 3 aromatic rings. The first-order chi connectivity index (χ1) is 15.6. The van der Waals surface area contributed by atoms with E-state index in [1.807, 2.05) is 35.2 Å². The number of nitrogens with one attached hydrogen (secondary N) is 1. The van der Waals surface area contributed by atoms with Gasteiger partial charge in [0, 0.05) is 31.1 Å². The van der Waals surface area contributed by atoms with Crippen molar-refractivity contribution in [3.8, 4) is 0 Å². The lowest BCUT2D eigenvalue weighted by Gasteiger charge is -2.36. The molecule has 1 saturated heterocycles. The Balaban J connectivity index is 1.25. The fourth-order valence-electron chi connectivity index (χ4n) is 5.08. The fourth-order valence-corrected chi connectivity index (χ4v) is 6.36. The van der Waals surface area contributed by atoms with E-state index < -0.39 is 0 Å². The van der Waals surface area contributed by atoms with Crippen LogP contribution in [0.4, 0.5) is 0 Å². The molecule has 1 N–H and O–H groups in total. The number of carbonyl (C=O) groups excluding carboxylic acids is 1. The molecule has 1 aliphatic heterocycles. The van der Waals surface area contributed by atoms with Crippen LogP contribution in [0.2, 0.25) is 0 Å². The number of nitrogens with zero attached hydrogens (tertiary/aromatic N) is 3. The molecular weight excluding hydrogens is 420 g/mol. The molecule has 2 aliphatic rings. The van der Waals surface area contributed by atoms with Gasteiger partial charge in [-0.05, 0) is 43.2 Å². The smallest absolute Gasteiger partial charge is 0.259 e. The van der Waals surface area contributed by atoms with E-state index in [4.69, 9.17) is 4.98 Å². The second-order valence-electron chi connectivity index (χ2n) is 8.88. The number of hydrogen-bond acceptors (Lipinski definition) is 5. The number of fused-ring (bicyclic) bond motifs is 3. The van der Waals surface area contributed by atoms with Crippen LogP contribution in [0, 0.1) is 0 Å². The van der Waals surface area contributed by atoms with Crippen molar-refractivity contribution in [2.45, 2.75) is 51.5 Å². The summed E-state index contributed by atoms with van der Waals surface area (Å²) in [5, 5.41) is 0.815. The molecule has 1 atom stereocenters. The van der Waals surface area contributed by atoms with Gasteiger partial charge in [-0.3, -0.25) is 14.5 Å². The molecule has 6 nitrogen and oxygen atoms in total. The van der Waals surface area contributed by atoms with Crippen molar-refractivity contribution in [1.82, 2.24) is 19.8 Å². The maximum absolute atomic E-state index is 13.1. The standard InChI is InChI=1S/C25H30N4O2S/c1-2-18(17-8-4-3-5-9-17)25(31)29-14-12-28(13-15-29)16-21-26-23(30)22-19-10-6-7-11-20(19)32-24(22)27-21/h3-5,8-9,18H,2,6-7,10-16H2,1H3,(H,26,27,30). The van der Waals surface area contributed by atoms with Gasteiger partial charge in [0.2, 0.25) is 5.91 Å². The van der Waals surface area contributed by atoms with Crippen LogP contribution < -0.4 is 5.56 Å². The average molecular weight is 451 g/mol. The van der Waals surface area contributed by atoms with E-state index in [2.05, 4.69) is 16.8 Å². The monoisotopic (exact) mass is 450 g/mol. The number of rotatable bonds is 5. The van der Waals surface area contributed by atoms with E-state index in [1.54, 1.807) is 11.3 Å². The van der Waals surface area contributed by atoms with E-state index in [-0.39, 0.29) is 17.4 Å². The van der Waals surface area contributed by atoms with Crippen LogP contribution in [-0.2, 0) is 24.2 Å². The Morgan fingerprint density at radius 1 is 1.12 bits per heavy atom. The molecular formula is C25H30N4O2S. The van der Waals surface area contributed by atoms with Gasteiger partial charge in [-0.1, -0.05) is 37.3 Å². The first-order valence-corrected chi connectivity index (χ1v) is 12.5. The number of aromatic amines is 1. The Morgan fingerprint density at radius 2 is 1.88 bits per heavy atom. The molecule has 1 fully saturated rings. The Morgan fingerprint density at radius 3 is 2.62 bits per heavy atom.